The van der Waals surface area contributed by atoms with Crippen molar-refractivity contribution in [2.24, 2.45) is 0 Å². The molecule has 1 heterocycles. The Bertz CT molecular complexity index is 418. The molecule has 0 saturated carbocycles. The van der Waals surface area contributed by atoms with E-state index in [1.807, 2.05) is 17.9 Å². The standard InChI is InChI=1S/C16H24N2O/c1-4-16(19)18-11-13(2)17(10-14(18)3)12-15-8-6-5-7-9-15/h5-9,13-14H,4,10-12H2,1-3H3. The summed E-state index contributed by atoms with van der Waals surface area (Å²) in [6, 6.07) is 11.3. The summed E-state index contributed by atoms with van der Waals surface area (Å²) >= 11 is 0. The Kier molecular flexibility index (Phi) is 4.59. The van der Waals surface area contributed by atoms with Crippen molar-refractivity contribution in [2.45, 2.75) is 45.8 Å². The molecular formula is C16H24N2O. The summed E-state index contributed by atoms with van der Waals surface area (Å²) < 4.78 is 0. The van der Waals surface area contributed by atoms with E-state index in [1.165, 1.54) is 5.56 Å². The van der Waals surface area contributed by atoms with Crippen LogP contribution in [0.1, 0.15) is 32.8 Å². The first-order valence-corrected chi connectivity index (χ1v) is 7.19. The largest absolute Gasteiger partial charge is 0.337 e. The molecule has 1 saturated heterocycles. The Morgan fingerprint density at radius 1 is 1.16 bits per heavy atom. The lowest BCUT2D eigenvalue weighted by atomic mass is 10.1. The lowest BCUT2D eigenvalue weighted by Crippen LogP contribution is -2.57. The number of piperazine rings is 1. The number of rotatable bonds is 3. The van der Waals surface area contributed by atoms with E-state index in [-0.39, 0.29) is 5.91 Å². The van der Waals surface area contributed by atoms with Crippen molar-refractivity contribution in [2.75, 3.05) is 13.1 Å². The van der Waals surface area contributed by atoms with Gasteiger partial charge in [0.25, 0.3) is 0 Å². The quantitative estimate of drug-likeness (QED) is 0.833. The van der Waals surface area contributed by atoms with Gasteiger partial charge in [0.05, 0.1) is 0 Å². The van der Waals surface area contributed by atoms with E-state index in [0.717, 1.165) is 19.6 Å². The minimum absolute atomic E-state index is 0.277. The molecule has 2 rings (SSSR count). The molecule has 0 bridgehead atoms. The van der Waals surface area contributed by atoms with Gasteiger partial charge in [-0.05, 0) is 19.4 Å². The van der Waals surface area contributed by atoms with Crippen molar-refractivity contribution in [1.29, 1.82) is 0 Å². The van der Waals surface area contributed by atoms with Crippen LogP contribution in [-0.4, -0.2) is 40.9 Å². The average Bonchev–Trinajstić information content (AvgIpc) is 2.43. The lowest BCUT2D eigenvalue weighted by Gasteiger charge is -2.44. The van der Waals surface area contributed by atoms with Crippen molar-refractivity contribution < 1.29 is 4.79 Å². The van der Waals surface area contributed by atoms with Crippen molar-refractivity contribution in [3.05, 3.63) is 35.9 Å². The van der Waals surface area contributed by atoms with Crippen LogP contribution in [0.4, 0.5) is 0 Å². The first kappa shape index (κ1) is 14.1. The minimum atomic E-state index is 0.277. The molecule has 0 N–H and O–H groups in total. The van der Waals surface area contributed by atoms with Gasteiger partial charge in [-0.3, -0.25) is 9.69 Å². The van der Waals surface area contributed by atoms with E-state index in [9.17, 15) is 4.79 Å². The Balaban J connectivity index is 2.00. The molecule has 0 aromatic heterocycles. The molecule has 0 radical (unpaired) electrons. The lowest BCUT2D eigenvalue weighted by molar-refractivity contribution is -0.137. The van der Waals surface area contributed by atoms with Gasteiger partial charge in [0, 0.05) is 38.1 Å². The predicted molar refractivity (Wildman–Crippen MR) is 77.8 cm³/mol. The van der Waals surface area contributed by atoms with Gasteiger partial charge in [-0.2, -0.15) is 0 Å². The molecule has 1 aromatic rings. The second-order valence-electron chi connectivity index (χ2n) is 5.51. The van der Waals surface area contributed by atoms with E-state index >= 15 is 0 Å². The maximum absolute atomic E-state index is 11.9. The van der Waals surface area contributed by atoms with E-state index in [4.69, 9.17) is 0 Å². The van der Waals surface area contributed by atoms with Crippen LogP contribution in [0.3, 0.4) is 0 Å². The fourth-order valence-corrected chi connectivity index (χ4v) is 2.79. The van der Waals surface area contributed by atoms with E-state index in [0.29, 0.717) is 18.5 Å². The van der Waals surface area contributed by atoms with Gasteiger partial charge in [0.2, 0.25) is 5.91 Å². The maximum atomic E-state index is 11.9. The Hall–Kier alpha value is -1.35. The molecule has 1 aliphatic rings. The predicted octanol–water partition coefficient (Wildman–Crippen LogP) is 2.52. The molecule has 1 fully saturated rings. The van der Waals surface area contributed by atoms with Gasteiger partial charge in [-0.25, -0.2) is 0 Å². The van der Waals surface area contributed by atoms with Crippen molar-refractivity contribution in [3.63, 3.8) is 0 Å². The van der Waals surface area contributed by atoms with Gasteiger partial charge >= 0.3 is 0 Å². The summed E-state index contributed by atoms with van der Waals surface area (Å²) in [4.78, 5) is 16.4. The summed E-state index contributed by atoms with van der Waals surface area (Å²) in [5.41, 5.74) is 1.34. The zero-order chi connectivity index (χ0) is 13.8. The van der Waals surface area contributed by atoms with E-state index in [1.54, 1.807) is 0 Å². The highest BCUT2D eigenvalue weighted by atomic mass is 16.2. The SMILES string of the molecule is CCC(=O)N1CC(C)N(Cc2ccccc2)CC1C. The van der Waals surface area contributed by atoms with Gasteiger partial charge in [0.1, 0.15) is 0 Å². The molecule has 3 nitrogen and oxygen atoms in total. The molecular weight excluding hydrogens is 236 g/mol. The maximum Gasteiger partial charge on any atom is 0.222 e. The summed E-state index contributed by atoms with van der Waals surface area (Å²) in [6.07, 6.45) is 0.607. The Labute approximate surface area is 116 Å². The van der Waals surface area contributed by atoms with Crippen LogP contribution in [-0.2, 0) is 11.3 Å². The Morgan fingerprint density at radius 2 is 1.84 bits per heavy atom. The second kappa shape index (κ2) is 6.20. The second-order valence-corrected chi connectivity index (χ2v) is 5.51. The molecule has 1 amide bonds. The summed E-state index contributed by atoms with van der Waals surface area (Å²) in [7, 11) is 0. The normalized spacial score (nSPS) is 24.5. The summed E-state index contributed by atoms with van der Waals surface area (Å²) in [5.74, 6) is 0.277. The van der Waals surface area contributed by atoms with Gasteiger partial charge < -0.3 is 4.90 Å². The van der Waals surface area contributed by atoms with Gasteiger partial charge in [-0.15, -0.1) is 0 Å². The molecule has 3 heteroatoms. The number of benzene rings is 1. The van der Waals surface area contributed by atoms with Crippen LogP contribution >= 0.6 is 0 Å². The van der Waals surface area contributed by atoms with Crippen molar-refractivity contribution in [1.82, 2.24) is 9.80 Å². The third-order valence-corrected chi connectivity index (χ3v) is 3.97. The first-order valence-electron chi connectivity index (χ1n) is 7.19. The molecule has 2 unspecified atom stereocenters. The summed E-state index contributed by atoms with van der Waals surface area (Å²) in [6.45, 7) is 9.08. The number of amides is 1. The third kappa shape index (κ3) is 3.35. The average molecular weight is 260 g/mol. The van der Waals surface area contributed by atoms with Crippen LogP contribution in [0.15, 0.2) is 30.3 Å². The van der Waals surface area contributed by atoms with Crippen LogP contribution in [0.25, 0.3) is 0 Å². The van der Waals surface area contributed by atoms with Crippen molar-refractivity contribution in [3.8, 4) is 0 Å². The monoisotopic (exact) mass is 260 g/mol. The van der Waals surface area contributed by atoms with Crippen LogP contribution < -0.4 is 0 Å². The zero-order valence-corrected chi connectivity index (χ0v) is 12.2. The molecule has 0 spiro atoms. The number of hydrogen-bond donors (Lipinski definition) is 0. The molecule has 1 aliphatic heterocycles. The van der Waals surface area contributed by atoms with Gasteiger partial charge in [0.15, 0.2) is 0 Å². The topological polar surface area (TPSA) is 23.6 Å². The molecule has 19 heavy (non-hydrogen) atoms. The number of carbonyl (C=O) groups is 1. The highest BCUT2D eigenvalue weighted by molar-refractivity contribution is 5.76. The molecule has 2 atom stereocenters. The molecule has 0 aliphatic carbocycles. The fraction of sp³-hybridized carbons (Fsp3) is 0.562. The zero-order valence-electron chi connectivity index (χ0n) is 12.2. The van der Waals surface area contributed by atoms with E-state index in [2.05, 4.69) is 43.0 Å². The number of nitrogens with zero attached hydrogens (tertiary/aromatic N) is 2. The first-order chi connectivity index (χ1) is 9.11. The number of carbonyl (C=O) groups excluding carboxylic acids is 1. The fourth-order valence-electron chi connectivity index (χ4n) is 2.79. The van der Waals surface area contributed by atoms with Crippen LogP contribution in [0.5, 0.6) is 0 Å². The minimum Gasteiger partial charge on any atom is -0.337 e. The smallest absolute Gasteiger partial charge is 0.222 e. The number of hydrogen-bond acceptors (Lipinski definition) is 2. The third-order valence-electron chi connectivity index (χ3n) is 3.97. The highest BCUT2D eigenvalue weighted by Gasteiger charge is 2.30. The summed E-state index contributed by atoms with van der Waals surface area (Å²) in [5, 5.41) is 0. The van der Waals surface area contributed by atoms with E-state index < -0.39 is 0 Å². The molecule has 1 aromatic carbocycles. The van der Waals surface area contributed by atoms with Crippen LogP contribution in [0, 0.1) is 0 Å². The van der Waals surface area contributed by atoms with Gasteiger partial charge in [-0.1, -0.05) is 37.3 Å². The Morgan fingerprint density at radius 3 is 2.47 bits per heavy atom. The molecule has 104 valence electrons. The highest BCUT2D eigenvalue weighted by Crippen LogP contribution is 2.18. The van der Waals surface area contributed by atoms with Crippen molar-refractivity contribution >= 4 is 5.91 Å². The van der Waals surface area contributed by atoms with Crippen LogP contribution in [0.2, 0.25) is 0 Å².